The number of hydrogen-bond donors (Lipinski definition) is 1. The summed E-state index contributed by atoms with van der Waals surface area (Å²) in [5, 5.41) is 8.74. The van der Waals surface area contributed by atoms with Crippen LogP contribution in [0.4, 0.5) is 0 Å². The maximum Gasteiger partial charge on any atom is 0.332 e. The molecule has 0 aromatic carbocycles. The molecule has 4 nitrogen and oxygen atoms in total. The van der Waals surface area contributed by atoms with Crippen molar-refractivity contribution in [2.24, 2.45) is 0 Å². The summed E-state index contributed by atoms with van der Waals surface area (Å²) in [6.07, 6.45) is 1.11. The second kappa shape index (κ2) is 6.35. The monoisotopic (exact) mass is 233 g/mol. The van der Waals surface area contributed by atoms with E-state index in [2.05, 4.69) is 4.90 Å². The van der Waals surface area contributed by atoms with E-state index in [0.717, 1.165) is 24.5 Å². The highest BCUT2D eigenvalue weighted by Crippen LogP contribution is 2.22. The van der Waals surface area contributed by atoms with E-state index in [1.165, 1.54) is 0 Å². The van der Waals surface area contributed by atoms with E-state index in [1.807, 2.05) is 25.9 Å². The van der Waals surface area contributed by atoms with Crippen molar-refractivity contribution in [3.05, 3.63) is 0 Å². The van der Waals surface area contributed by atoms with Crippen LogP contribution in [0, 0.1) is 0 Å². The number of thioether (sulfide) groups is 1. The molecule has 0 aromatic rings. The van der Waals surface area contributed by atoms with Gasteiger partial charge in [-0.25, -0.2) is 4.79 Å². The lowest BCUT2D eigenvalue weighted by atomic mass is 10.2. The first-order chi connectivity index (χ1) is 7.09. The molecule has 1 fully saturated rings. The Hall–Kier alpha value is -0.260. The quantitative estimate of drug-likeness (QED) is 0.691. The standard InChI is InChI=1S/C10H19NO3S/c1-11(2)5-6-15-7-8-3-4-9(14-8)10(12)13/h8-9H,3-7H2,1-2H3,(H,12,13). The van der Waals surface area contributed by atoms with Gasteiger partial charge in [-0.15, -0.1) is 0 Å². The van der Waals surface area contributed by atoms with Gasteiger partial charge >= 0.3 is 5.97 Å². The zero-order chi connectivity index (χ0) is 11.3. The van der Waals surface area contributed by atoms with E-state index in [0.29, 0.717) is 6.42 Å². The van der Waals surface area contributed by atoms with Crippen molar-refractivity contribution >= 4 is 17.7 Å². The first-order valence-electron chi connectivity index (χ1n) is 5.20. The Morgan fingerprint density at radius 2 is 2.27 bits per heavy atom. The molecule has 0 saturated carbocycles. The molecule has 0 bridgehead atoms. The van der Waals surface area contributed by atoms with Crippen molar-refractivity contribution in [1.29, 1.82) is 0 Å². The fourth-order valence-electron chi connectivity index (χ4n) is 1.47. The molecule has 1 heterocycles. The minimum Gasteiger partial charge on any atom is -0.479 e. The summed E-state index contributed by atoms with van der Waals surface area (Å²) in [6.45, 7) is 1.06. The van der Waals surface area contributed by atoms with Crippen LogP contribution in [0.3, 0.4) is 0 Å². The van der Waals surface area contributed by atoms with Gasteiger partial charge in [-0.3, -0.25) is 0 Å². The fraction of sp³-hybridized carbons (Fsp3) is 0.900. The van der Waals surface area contributed by atoms with E-state index in [-0.39, 0.29) is 6.10 Å². The Bertz CT molecular complexity index is 211. The molecule has 5 heteroatoms. The molecular formula is C10H19NO3S. The van der Waals surface area contributed by atoms with Gasteiger partial charge in [-0.1, -0.05) is 0 Å². The molecule has 1 aliphatic heterocycles. The third-order valence-electron chi connectivity index (χ3n) is 2.37. The average Bonchev–Trinajstić information content (AvgIpc) is 2.60. The highest BCUT2D eigenvalue weighted by Gasteiger charge is 2.29. The van der Waals surface area contributed by atoms with E-state index < -0.39 is 12.1 Å². The minimum absolute atomic E-state index is 0.137. The number of rotatable bonds is 6. The normalized spacial score (nSPS) is 26.1. The fourth-order valence-corrected chi connectivity index (χ4v) is 2.64. The maximum atomic E-state index is 10.6. The molecule has 1 saturated heterocycles. The second-order valence-corrected chi connectivity index (χ2v) is 5.19. The number of nitrogens with zero attached hydrogens (tertiary/aromatic N) is 1. The van der Waals surface area contributed by atoms with Crippen LogP contribution < -0.4 is 0 Å². The number of ether oxygens (including phenoxy) is 1. The Kier molecular flexibility index (Phi) is 5.42. The summed E-state index contributed by atoms with van der Waals surface area (Å²) < 4.78 is 5.40. The lowest BCUT2D eigenvalue weighted by molar-refractivity contribution is -0.148. The molecule has 1 rings (SSSR count). The van der Waals surface area contributed by atoms with Crippen LogP contribution in [0.2, 0.25) is 0 Å². The van der Waals surface area contributed by atoms with Crippen molar-refractivity contribution in [3.8, 4) is 0 Å². The zero-order valence-corrected chi connectivity index (χ0v) is 10.1. The SMILES string of the molecule is CN(C)CCSCC1CCC(C(=O)O)O1. The van der Waals surface area contributed by atoms with Crippen molar-refractivity contribution in [2.45, 2.75) is 25.0 Å². The highest BCUT2D eigenvalue weighted by atomic mass is 32.2. The largest absolute Gasteiger partial charge is 0.479 e. The van der Waals surface area contributed by atoms with E-state index in [4.69, 9.17) is 9.84 Å². The Balaban J connectivity index is 2.06. The van der Waals surface area contributed by atoms with Gasteiger partial charge in [0.05, 0.1) is 6.10 Å². The summed E-state index contributed by atoms with van der Waals surface area (Å²) in [5.74, 6) is 1.16. The summed E-state index contributed by atoms with van der Waals surface area (Å²) in [6, 6.07) is 0. The number of carboxylic acid groups (broad SMARTS) is 1. The van der Waals surface area contributed by atoms with Crippen molar-refractivity contribution in [1.82, 2.24) is 4.90 Å². The van der Waals surface area contributed by atoms with Crippen LogP contribution >= 0.6 is 11.8 Å². The minimum atomic E-state index is -0.823. The molecule has 0 aromatic heterocycles. The van der Waals surface area contributed by atoms with Gasteiger partial charge in [0.2, 0.25) is 0 Å². The van der Waals surface area contributed by atoms with E-state index in [9.17, 15) is 4.79 Å². The molecule has 15 heavy (non-hydrogen) atoms. The Morgan fingerprint density at radius 1 is 1.53 bits per heavy atom. The van der Waals surface area contributed by atoms with Gasteiger partial charge in [0.1, 0.15) is 0 Å². The topological polar surface area (TPSA) is 49.8 Å². The molecule has 0 amide bonds. The molecule has 0 aliphatic carbocycles. The number of carbonyl (C=O) groups is 1. The van der Waals surface area contributed by atoms with Gasteiger partial charge in [-0.05, 0) is 26.9 Å². The third-order valence-corrected chi connectivity index (χ3v) is 3.45. The van der Waals surface area contributed by atoms with Crippen molar-refractivity contribution in [2.75, 3.05) is 32.1 Å². The summed E-state index contributed by atoms with van der Waals surface area (Å²) in [5.41, 5.74) is 0. The van der Waals surface area contributed by atoms with Crippen LogP contribution in [0.15, 0.2) is 0 Å². The molecule has 88 valence electrons. The molecular weight excluding hydrogens is 214 g/mol. The molecule has 0 radical (unpaired) electrons. The third kappa shape index (κ3) is 4.86. The second-order valence-electron chi connectivity index (χ2n) is 4.04. The predicted molar refractivity (Wildman–Crippen MR) is 61.4 cm³/mol. The summed E-state index contributed by atoms with van der Waals surface area (Å²) in [7, 11) is 4.10. The van der Waals surface area contributed by atoms with Gasteiger partial charge < -0.3 is 14.7 Å². The maximum absolute atomic E-state index is 10.6. The predicted octanol–water partition coefficient (Wildman–Crippen LogP) is 0.913. The van der Waals surface area contributed by atoms with Gasteiger partial charge in [-0.2, -0.15) is 11.8 Å². The Labute approximate surface area is 95.0 Å². The number of carboxylic acids is 1. The van der Waals surface area contributed by atoms with Crippen LogP contribution in [-0.2, 0) is 9.53 Å². The van der Waals surface area contributed by atoms with Gasteiger partial charge in [0.15, 0.2) is 6.10 Å². The molecule has 1 N–H and O–H groups in total. The Morgan fingerprint density at radius 3 is 2.80 bits per heavy atom. The zero-order valence-electron chi connectivity index (χ0n) is 9.31. The van der Waals surface area contributed by atoms with Gasteiger partial charge in [0.25, 0.3) is 0 Å². The van der Waals surface area contributed by atoms with Crippen molar-refractivity contribution < 1.29 is 14.6 Å². The van der Waals surface area contributed by atoms with Crippen molar-refractivity contribution in [3.63, 3.8) is 0 Å². The van der Waals surface area contributed by atoms with E-state index >= 15 is 0 Å². The molecule has 0 spiro atoms. The number of aliphatic carboxylic acids is 1. The molecule has 1 aliphatic rings. The first-order valence-corrected chi connectivity index (χ1v) is 6.36. The van der Waals surface area contributed by atoms with Crippen LogP contribution in [-0.4, -0.2) is 60.3 Å². The average molecular weight is 233 g/mol. The summed E-state index contributed by atoms with van der Waals surface area (Å²) in [4.78, 5) is 12.8. The van der Waals surface area contributed by atoms with Crippen LogP contribution in [0.5, 0.6) is 0 Å². The van der Waals surface area contributed by atoms with Gasteiger partial charge in [0, 0.05) is 18.1 Å². The van der Waals surface area contributed by atoms with Crippen LogP contribution in [0.1, 0.15) is 12.8 Å². The number of hydrogen-bond acceptors (Lipinski definition) is 4. The lowest BCUT2D eigenvalue weighted by Gasteiger charge is -2.12. The summed E-state index contributed by atoms with van der Waals surface area (Å²) >= 11 is 1.83. The lowest BCUT2D eigenvalue weighted by Crippen LogP contribution is -2.22. The smallest absolute Gasteiger partial charge is 0.332 e. The molecule has 2 atom stereocenters. The first kappa shape index (κ1) is 12.8. The van der Waals surface area contributed by atoms with Crippen LogP contribution in [0.25, 0.3) is 0 Å². The molecule has 2 unspecified atom stereocenters. The highest BCUT2D eigenvalue weighted by molar-refractivity contribution is 7.99. The van der Waals surface area contributed by atoms with E-state index in [1.54, 1.807) is 0 Å².